The molecule has 0 bridgehead atoms. The largest absolute Gasteiger partial charge is 1.00 e. The third kappa shape index (κ3) is 3.68. The van der Waals surface area contributed by atoms with Gasteiger partial charge in [0.1, 0.15) is 15.9 Å². The van der Waals surface area contributed by atoms with Gasteiger partial charge in [-0.15, -0.1) is 0 Å². The van der Waals surface area contributed by atoms with Crippen molar-refractivity contribution in [1.29, 1.82) is 0 Å². The van der Waals surface area contributed by atoms with Gasteiger partial charge in [-0.05, 0) is 30.3 Å². The number of rotatable bonds is 3. The minimum Gasteiger partial charge on any atom is -0.744 e. The average Bonchev–Trinajstić information content (AvgIpc) is 2.47. The third-order valence-electron chi connectivity index (χ3n) is 3.30. The molecule has 112 valence electrons. The Kier molecular flexibility index (Phi) is 5.33. The van der Waals surface area contributed by atoms with Gasteiger partial charge in [-0.1, -0.05) is 30.3 Å². The molecule has 0 spiro atoms. The first kappa shape index (κ1) is 17.8. The zero-order valence-electron chi connectivity index (χ0n) is 12.4. The number of hydrogen-bond donors (Lipinski definition) is 2. The van der Waals surface area contributed by atoms with E-state index in [1.807, 2.05) is 30.3 Å². The van der Waals surface area contributed by atoms with Crippen molar-refractivity contribution >= 4 is 32.3 Å². The van der Waals surface area contributed by atoms with E-state index in [1.54, 1.807) is 12.1 Å². The van der Waals surface area contributed by atoms with Crippen LogP contribution in [0.3, 0.4) is 0 Å². The second-order valence-electron chi connectivity index (χ2n) is 4.76. The molecular formula is C16H12NNaO4S. The van der Waals surface area contributed by atoms with Crippen molar-refractivity contribution in [2.24, 2.45) is 0 Å². The van der Waals surface area contributed by atoms with Crippen molar-refractivity contribution in [2.45, 2.75) is 4.90 Å². The topological polar surface area (TPSA) is 89.5 Å². The Labute approximate surface area is 156 Å². The summed E-state index contributed by atoms with van der Waals surface area (Å²) in [4.78, 5) is -0.350. The maximum absolute atomic E-state index is 11.4. The fraction of sp³-hybridized carbons (Fsp3) is 0. The molecule has 5 nitrogen and oxygen atoms in total. The molecule has 23 heavy (non-hydrogen) atoms. The van der Waals surface area contributed by atoms with E-state index in [1.165, 1.54) is 12.1 Å². The van der Waals surface area contributed by atoms with Crippen molar-refractivity contribution in [3.63, 3.8) is 0 Å². The predicted molar refractivity (Wildman–Crippen MR) is 83.3 cm³/mol. The number of phenolic OH excluding ortho intramolecular Hbond substituents is 1. The minimum absolute atomic E-state index is 0. The standard InChI is InChI=1S/C16H13NO4S.Na/c18-14-9-10-15(22(19,20)21)12-7-4-8-13(16(12)14)17-11-5-2-1-3-6-11;/h1-10,17-18H,(H,19,20,21);/q;+1/p-1. The summed E-state index contributed by atoms with van der Waals surface area (Å²) in [7, 11) is -4.62. The van der Waals surface area contributed by atoms with Crippen molar-refractivity contribution in [1.82, 2.24) is 0 Å². The van der Waals surface area contributed by atoms with Gasteiger partial charge in [-0.25, -0.2) is 8.42 Å². The summed E-state index contributed by atoms with van der Waals surface area (Å²) in [6.07, 6.45) is 0. The van der Waals surface area contributed by atoms with Gasteiger partial charge in [-0.3, -0.25) is 0 Å². The molecule has 2 N–H and O–H groups in total. The van der Waals surface area contributed by atoms with Gasteiger partial charge in [0.15, 0.2) is 0 Å². The van der Waals surface area contributed by atoms with Gasteiger partial charge in [-0.2, -0.15) is 0 Å². The maximum Gasteiger partial charge on any atom is 1.00 e. The first-order valence-electron chi connectivity index (χ1n) is 6.49. The summed E-state index contributed by atoms with van der Waals surface area (Å²) >= 11 is 0. The van der Waals surface area contributed by atoms with Crippen LogP contribution in [0.25, 0.3) is 10.8 Å². The Balaban J connectivity index is 0.00000192. The summed E-state index contributed by atoms with van der Waals surface area (Å²) in [6.45, 7) is 0. The average molecular weight is 337 g/mol. The Bertz CT molecular complexity index is 943. The number of phenols is 1. The van der Waals surface area contributed by atoms with Gasteiger partial charge in [0, 0.05) is 16.5 Å². The number of anilines is 2. The van der Waals surface area contributed by atoms with Crippen LogP contribution in [0.2, 0.25) is 0 Å². The van der Waals surface area contributed by atoms with E-state index < -0.39 is 10.1 Å². The van der Waals surface area contributed by atoms with Crippen LogP contribution in [0.15, 0.2) is 65.6 Å². The number of hydrogen-bond acceptors (Lipinski definition) is 5. The van der Waals surface area contributed by atoms with Gasteiger partial charge < -0.3 is 15.0 Å². The predicted octanol–water partition coefficient (Wildman–Crippen LogP) is 0.197. The molecule has 3 aromatic rings. The van der Waals surface area contributed by atoms with Crippen LogP contribution in [0.1, 0.15) is 0 Å². The molecule has 0 amide bonds. The Morgan fingerprint density at radius 3 is 2.26 bits per heavy atom. The van der Waals surface area contributed by atoms with Crippen LogP contribution in [-0.2, 0) is 10.1 Å². The Morgan fingerprint density at radius 2 is 1.61 bits per heavy atom. The van der Waals surface area contributed by atoms with E-state index in [-0.39, 0.29) is 45.6 Å². The SMILES string of the molecule is O=S(=O)([O-])c1ccc(O)c2c(Nc3ccccc3)cccc12.[Na+]. The van der Waals surface area contributed by atoms with E-state index in [4.69, 9.17) is 0 Å². The zero-order chi connectivity index (χ0) is 15.7. The van der Waals surface area contributed by atoms with E-state index in [2.05, 4.69) is 5.32 Å². The summed E-state index contributed by atoms with van der Waals surface area (Å²) in [5.74, 6) is -0.0959. The van der Waals surface area contributed by atoms with Gasteiger partial charge in [0.05, 0.1) is 10.6 Å². The fourth-order valence-electron chi connectivity index (χ4n) is 2.36. The van der Waals surface area contributed by atoms with Crippen molar-refractivity contribution in [3.8, 4) is 5.75 Å². The van der Waals surface area contributed by atoms with Gasteiger partial charge in [0.25, 0.3) is 0 Å². The van der Waals surface area contributed by atoms with E-state index in [9.17, 15) is 18.1 Å². The molecular weight excluding hydrogens is 325 g/mol. The molecule has 3 rings (SSSR count). The number of nitrogens with one attached hydrogen (secondary N) is 1. The number of para-hydroxylation sites is 1. The molecule has 0 fully saturated rings. The molecule has 0 unspecified atom stereocenters. The van der Waals surface area contributed by atoms with Crippen LogP contribution in [0.5, 0.6) is 5.75 Å². The van der Waals surface area contributed by atoms with Crippen LogP contribution >= 0.6 is 0 Å². The zero-order valence-corrected chi connectivity index (χ0v) is 15.2. The minimum atomic E-state index is -4.62. The first-order valence-corrected chi connectivity index (χ1v) is 7.90. The molecule has 0 heterocycles. The molecule has 0 saturated heterocycles. The number of benzene rings is 3. The Hall–Kier alpha value is -1.57. The number of fused-ring (bicyclic) bond motifs is 1. The molecule has 0 saturated carbocycles. The third-order valence-corrected chi connectivity index (χ3v) is 4.20. The number of aromatic hydroxyl groups is 1. The summed E-state index contributed by atoms with van der Waals surface area (Å²) in [5, 5.41) is 13.7. The van der Waals surface area contributed by atoms with E-state index in [0.717, 1.165) is 11.8 Å². The van der Waals surface area contributed by atoms with Crippen LogP contribution < -0.4 is 34.9 Å². The molecule has 7 heteroatoms. The van der Waals surface area contributed by atoms with Crippen LogP contribution in [-0.4, -0.2) is 18.1 Å². The summed E-state index contributed by atoms with van der Waals surface area (Å²) < 4.78 is 34.1. The quantitative estimate of drug-likeness (QED) is 0.526. The van der Waals surface area contributed by atoms with E-state index >= 15 is 0 Å². The second kappa shape index (κ2) is 6.90. The van der Waals surface area contributed by atoms with Gasteiger partial charge >= 0.3 is 29.6 Å². The van der Waals surface area contributed by atoms with Crippen molar-refractivity contribution in [3.05, 3.63) is 60.7 Å². The fourth-order valence-corrected chi connectivity index (χ4v) is 3.03. The molecule has 0 aliphatic carbocycles. The monoisotopic (exact) mass is 337 g/mol. The van der Waals surface area contributed by atoms with Crippen LogP contribution in [0.4, 0.5) is 11.4 Å². The van der Waals surface area contributed by atoms with Crippen molar-refractivity contribution < 1.29 is 47.6 Å². The first-order chi connectivity index (χ1) is 10.5. The molecule has 0 radical (unpaired) electrons. The molecule has 0 aliphatic rings. The molecule has 0 atom stereocenters. The molecule has 0 aromatic heterocycles. The second-order valence-corrected chi connectivity index (χ2v) is 6.10. The van der Waals surface area contributed by atoms with Gasteiger partial charge in [0.2, 0.25) is 0 Å². The Morgan fingerprint density at radius 1 is 0.913 bits per heavy atom. The van der Waals surface area contributed by atoms with Crippen molar-refractivity contribution in [2.75, 3.05) is 5.32 Å². The maximum atomic E-state index is 11.4. The van der Waals surface area contributed by atoms with Crippen LogP contribution in [0, 0.1) is 0 Å². The normalized spacial score (nSPS) is 11.0. The summed E-state index contributed by atoms with van der Waals surface area (Å²) in [5.41, 5.74) is 1.30. The molecule has 0 aliphatic heterocycles. The summed E-state index contributed by atoms with van der Waals surface area (Å²) in [6, 6.07) is 16.4. The van der Waals surface area contributed by atoms with E-state index in [0.29, 0.717) is 11.1 Å². The molecule has 3 aromatic carbocycles. The smallest absolute Gasteiger partial charge is 0.744 e.